The van der Waals surface area contributed by atoms with Crippen LogP contribution in [0.5, 0.6) is 0 Å². The van der Waals surface area contributed by atoms with Crippen LogP contribution in [0.25, 0.3) is 11.3 Å². The Morgan fingerprint density at radius 1 is 1.42 bits per heavy atom. The number of hydrogen-bond donors (Lipinski definition) is 2. The monoisotopic (exact) mass is 351 g/mol. The lowest BCUT2D eigenvalue weighted by Crippen LogP contribution is -2.42. The predicted molar refractivity (Wildman–Crippen MR) is 86.6 cm³/mol. The number of hydrogen-bond acceptors (Lipinski definition) is 6. The van der Waals surface area contributed by atoms with Gasteiger partial charge in [-0.25, -0.2) is 10.2 Å². The van der Waals surface area contributed by atoms with Crippen molar-refractivity contribution < 1.29 is 18.8 Å². The lowest BCUT2D eigenvalue weighted by atomic mass is 9.88. The summed E-state index contributed by atoms with van der Waals surface area (Å²) >= 11 is -2.42. The summed E-state index contributed by atoms with van der Waals surface area (Å²) in [6, 6.07) is 9.55. The average molecular weight is 351 g/mol. The molecule has 1 amide bonds. The minimum absolute atomic E-state index is 0.177. The van der Waals surface area contributed by atoms with E-state index in [0.29, 0.717) is 0 Å². The molecule has 1 heterocycles. The van der Waals surface area contributed by atoms with Crippen molar-refractivity contribution in [2.24, 2.45) is 5.41 Å². The molecular weight excluding hydrogens is 332 g/mol. The van der Waals surface area contributed by atoms with E-state index >= 15 is 0 Å². The zero-order valence-corrected chi connectivity index (χ0v) is 14.2. The molecule has 130 valence electrons. The second-order valence-electron chi connectivity index (χ2n) is 5.81. The van der Waals surface area contributed by atoms with E-state index < -0.39 is 28.2 Å². The van der Waals surface area contributed by atoms with E-state index in [1.165, 1.54) is 6.92 Å². The quantitative estimate of drug-likeness (QED) is 0.437. The van der Waals surface area contributed by atoms with Crippen LogP contribution in [0.2, 0.25) is 0 Å². The topological polar surface area (TPSA) is 120 Å². The van der Waals surface area contributed by atoms with Gasteiger partial charge in [-0.05, 0) is 20.3 Å². The molecular formula is C15H19N4O4S-. The Morgan fingerprint density at radius 2 is 2.08 bits per heavy atom. The second-order valence-corrected chi connectivity index (χ2v) is 6.71. The van der Waals surface area contributed by atoms with Crippen LogP contribution in [0.4, 0.5) is 0 Å². The molecule has 0 aliphatic carbocycles. The highest BCUT2D eigenvalue weighted by atomic mass is 32.2. The summed E-state index contributed by atoms with van der Waals surface area (Å²) in [5.74, 6) is -1.14. The van der Waals surface area contributed by atoms with Gasteiger partial charge in [-0.1, -0.05) is 46.6 Å². The summed E-state index contributed by atoms with van der Waals surface area (Å²) < 4.78 is 23.7. The molecule has 0 saturated carbocycles. The van der Waals surface area contributed by atoms with Gasteiger partial charge in [0.15, 0.2) is 0 Å². The van der Waals surface area contributed by atoms with Crippen molar-refractivity contribution in [3.8, 4) is 11.3 Å². The van der Waals surface area contributed by atoms with E-state index in [9.17, 15) is 13.6 Å². The molecule has 1 aromatic carbocycles. The van der Waals surface area contributed by atoms with E-state index in [2.05, 4.69) is 10.3 Å². The minimum atomic E-state index is -2.42. The third-order valence-electron chi connectivity index (χ3n) is 3.91. The number of aryl methyl sites for hydroxylation is 2. The molecule has 0 saturated heterocycles. The summed E-state index contributed by atoms with van der Waals surface area (Å²) in [5.41, 5.74) is 2.75. The molecule has 2 N–H and O–H groups in total. The number of carbonyl (C=O) groups is 1. The van der Waals surface area contributed by atoms with E-state index in [1.807, 2.05) is 37.3 Å². The first-order chi connectivity index (χ1) is 11.4. The Labute approximate surface area is 142 Å². The third kappa shape index (κ3) is 4.05. The summed E-state index contributed by atoms with van der Waals surface area (Å²) in [6.07, 6.45) is 0.177. The van der Waals surface area contributed by atoms with E-state index in [0.717, 1.165) is 17.0 Å². The lowest BCUT2D eigenvalue weighted by molar-refractivity contribution is -0.138. The molecule has 0 bridgehead atoms. The van der Waals surface area contributed by atoms with Crippen LogP contribution >= 0.6 is 0 Å². The highest BCUT2D eigenvalue weighted by Gasteiger charge is 2.33. The number of amides is 1. The van der Waals surface area contributed by atoms with Gasteiger partial charge < -0.3 is 4.55 Å². The van der Waals surface area contributed by atoms with Crippen LogP contribution in [0, 0.1) is 12.3 Å². The Kier molecular flexibility index (Phi) is 5.81. The third-order valence-corrected chi connectivity index (χ3v) is 4.79. The van der Waals surface area contributed by atoms with Crippen molar-refractivity contribution in [1.82, 2.24) is 20.5 Å². The van der Waals surface area contributed by atoms with E-state index in [1.54, 1.807) is 10.2 Å². The highest BCUT2D eigenvalue weighted by molar-refractivity contribution is 7.79. The molecule has 9 heteroatoms. The number of carbonyl (C=O) groups excluding carboxylic acids is 1. The zero-order valence-electron chi connectivity index (χ0n) is 13.4. The van der Waals surface area contributed by atoms with Gasteiger partial charge >= 0.3 is 0 Å². The number of hydroxylamine groups is 1. The van der Waals surface area contributed by atoms with Gasteiger partial charge in [0.2, 0.25) is 5.91 Å². The molecule has 2 atom stereocenters. The van der Waals surface area contributed by atoms with Crippen molar-refractivity contribution in [2.75, 3.05) is 5.75 Å². The van der Waals surface area contributed by atoms with Crippen LogP contribution in [-0.2, 0) is 22.4 Å². The normalized spacial score (nSPS) is 14.8. The largest absolute Gasteiger partial charge is 0.772 e. The Morgan fingerprint density at radius 3 is 2.67 bits per heavy atom. The number of nitrogens with zero attached hydrogens (tertiary/aromatic N) is 3. The fourth-order valence-electron chi connectivity index (χ4n) is 2.51. The average Bonchev–Trinajstić information content (AvgIpc) is 2.93. The summed E-state index contributed by atoms with van der Waals surface area (Å²) in [5, 5.41) is 17.0. The van der Waals surface area contributed by atoms with Gasteiger partial charge in [0, 0.05) is 17.9 Å². The van der Waals surface area contributed by atoms with Gasteiger partial charge in [0.25, 0.3) is 0 Å². The lowest BCUT2D eigenvalue weighted by Gasteiger charge is -2.28. The molecule has 0 spiro atoms. The van der Waals surface area contributed by atoms with Gasteiger partial charge in [0.1, 0.15) is 0 Å². The molecule has 1 aromatic heterocycles. The van der Waals surface area contributed by atoms with Gasteiger partial charge in [-0.15, -0.1) is 5.10 Å². The SMILES string of the molecule is Cc1nnn(CC[C@@](C)(CS(=O)[O-])C(=O)NO)c1-c1ccccc1. The van der Waals surface area contributed by atoms with Crippen molar-refractivity contribution >= 4 is 17.0 Å². The molecule has 24 heavy (non-hydrogen) atoms. The van der Waals surface area contributed by atoms with E-state index in [4.69, 9.17) is 5.21 Å². The summed E-state index contributed by atoms with van der Waals surface area (Å²) in [4.78, 5) is 11.9. The first kappa shape index (κ1) is 18.2. The number of benzene rings is 1. The molecule has 0 fully saturated rings. The molecule has 2 rings (SSSR count). The molecule has 0 radical (unpaired) electrons. The summed E-state index contributed by atoms with van der Waals surface area (Å²) in [7, 11) is 0. The maximum absolute atomic E-state index is 11.9. The maximum Gasteiger partial charge on any atom is 0.250 e. The first-order valence-electron chi connectivity index (χ1n) is 7.33. The van der Waals surface area contributed by atoms with Crippen LogP contribution in [0.15, 0.2) is 30.3 Å². The number of aromatic nitrogens is 3. The minimum Gasteiger partial charge on any atom is -0.772 e. The standard InChI is InChI=1S/C15H20N4O4S/c1-11-13(12-6-4-3-5-7-12)19(18-16-11)9-8-15(2,10-24(22)23)14(20)17-21/h3-7,21H,8-10H2,1-2H3,(H,17,20)(H,22,23)/p-1/t15-/m0/s1. The molecule has 1 unspecified atom stereocenters. The van der Waals surface area contributed by atoms with Crippen LogP contribution in [-0.4, -0.2) is 40.6 Å². The van der Waals surface area contributed by atoms with Crippen LogP contribution in [0.3, 0.4) is 0 Å². The van der Waals surface area contributed by atoms with E-state index in [-0.39, 0.29) is 13.0 Å². The van der Waals surface area contributed by atoms with Crippen molar-refractivity contribution in [3.63, 3.8) is 0 Å². The maximum atomic E-state index is 11.9. The fourth-order valence-corrected chi connectivity index (χ4v) is 3.31. The van der Waals surface area contributed by atoms with Crippen molar-refractivity contribution in [1.29, 1.82) is 0 Å². The zero-order chi connectivity index (χ0) is 17.7. The Balaban J connectivity index is 2.25. The van der Waals surface area contributed by atoms with Crippen LogP contribution < -0.4 is 5.48 Å². The molecule has 2 aromatic rings. The summed E-state index contributed by atoms with van der Waals surface area (Å²) in [6.45, 7) is 3.60. The Bertz CT molecular complexity index is 734. The predicted octanol–water partition coefficient (Wildman–Crippen LogP) is 1.03. The fraction of sp³-hybridized carbons (Fsp3) is 0.400. The van der Waals surface area contributed by atoms with Crippen LogP contribution in [0.1, 0.15) is 19.0 Å². The molecule has 0 aliphatic rings. The molecule has 8 nitrogen and oxygen atoms in total. The van der Waals surface area contributed by atoms with Crippen molar-refractivity contribution in [2.45, 2.75) is 26.8 Å². The second kappa shape index (κ2) is 7.65. The van der Waals surface area contributed by atoms with Crippen molar-refractivity contribution in [3.05, 3.63) is 36.0 Å². The first-order valence-corrected chi connectivity index (χ1v) is 8.57. The van der Waals surface area contributed by atoms with Gasteiger partial charge in [0.05, 0.1) is 16.8 Å². The van der Waals surface area contributed by atoms with Gasteiger partial charge in [-0.3, -0.25) is 14.2 Å². The Hall–Kier alpha value is -2.10. The number of nitrogens with one attached hydrogen (secondary N) is 1. The highest BCUT2D eigenvalue weighted by Crippen LogP contribution is 2.27. The smallest absolute Gasteiger partial charge is 0.250 e. The molecule has 0 aliphatic heterocycles. The van der Waals surface area contributed by atoms with Gasteiger partial charge in [-0.2, -0.15) is 0 Å². The number of rotatable bonds is 7.